The molecule has 0 aliphatic heterocycles. The van der Waals surface area contributed by atoms with Gasteiger partial charge in [0.05, 0.1) is 5.56 Å². The number of benzene rings is 1. The predicted molar refractivity (Wildman–Crippen MR) is 95.7 cm³/mol. The van der Waals surface area contributed by atoms with Gasteiger partial charge in [0.1, 0.15) is 29.6 Å². The highest BCUT2D eigenvalue weighted by atomic mass is 19.4. The van der Waals surface area contributed by atoms with Crippen LogP contribution in [0, 0.1) is 0 Å². The Bertz CT molecular complexity index is 986. The first-order valence-electron chi connectivity index (χ1n) is 8.50. The minimum atomic E-state index is -4.43. The number of carbonyl (C=O) groups excluding carboxylic acids is 1. The number of aromatic nitrogens is 2. The number of ether oxygens (including phenoxy) is 1. The lowest BCUT2D eigenvalue weighted by Crippen LogP contribution is -2.07. The molecule has 0 saturated heterocycles. The second kappa shape index (κ2) is 8.16. The van der Waals surface area contributed by atoms with Gasteiger partial charge in [-0.25, -0.2) is 0 Å². The van der Waals surface area contributed by atoms with E-state index in [4.69, 9.17) is 9.15 Å². The second-order valence-corrected chi connectivity index (χ2v) is 5.85. The van der Waals surface area contributed by atoms with Crippen LogP contribution < -0.4 is 4.74 Å². The van der Waals surface area contributed by atoms with Crippen LogP contribution in [0.2, 0.25) is 0 Å². The van der Waals surface area contributed by atoms with Crippen molar-refractivity contribution < 1.29 is 27.1 Å². The fraction of sp³-hybridized carbons (Fsp3) is 0.200. The minimum Gasteiger partial charge on any atom is -0.486 e. The van der Waals surface area contributed by atoms with Crippen molar-refractivity contribution >= 4 is 11.9 Å². The van der Waals surface area contributed by atoms with Crippen molar-refractivity contribution in [2.75, 3.05) is 0 Å². The van der Waals surface area contributed by atoms with Gasteiger partial charge in [0.2, 0.25) is 5.78 Å². The first-order valence-corrected chi connectivity index (χ1v) is 8.50. The molecule has 0 radical (unpaired) electrons. The average Bonchev–Trinajstić information content (AvgIpc) is 3.33. The fourth-order valence-corrected chi connectivity index (χ4v) is 2.52. The normalized spacial score (nSPS) is 11.9. The van der Waals surface area contributed by atoms with E-state index in [0.29, 0.717) is 23.8 Å². The highest BCUT2D eigenvalue weighted by Crippen LogP contribution is 2.31. The van der Waals surface area contributed by atoms with Crippen LogP contribution >= 0.6 is 0 Å². The molecule has 0 aliphatic rings. The molecule has 146 valence electrons. The smallest absolute Gasteiger partial charge is 0.416 e. The van der Waals surface area contributed by atoms with Gasteiger partial charge in [0.25, 0.3) is 0 Å². The van der Waals surface area contributed by atoms with E-state index in [9.17, 15) is 18.0 Å². The number of allylic oxidation sites excluding steroid dienone is 1. The van der Waals surface area contributed by atoms with Gasteiger partial charge in [-0.15, -0.1) is 0 Å². The molecule has 0 fully saturated rings. The van der Waals surface area contributed by atoms with E-state index < -0.39 is 11.7 Å². The molecule has 0 spiro atoms. The van der Waals surface area contributed by atoms with Crippen molar-refractivity contribution in [1.82, 2.24) is 9.78 Å². The zero-order valence-electron chi connectivity index (χ0n) is 14.9. The highest BCUT2D eigenvalue weighted by molar-refractivity contribution is 6.05. The molecule has 0 amide bonds. The van der Waals surface area contributed by atoms with Gasteiger partial charge >= 0.3 is 6.18 Å². The first kappa shape index (κ1) is 19.5. The standard InChI is InChI=1S/C20H17F3N2O3/c1-2-25-18(10-11-24-25)19(26)9-8-15-6-7-17(28-15)13-27-16-5-3-4-14(12-16)20(21,22)23/h3-12H,2,13H2,1H3/b9-8+. The molecular formula is C20H17F3N2O3. The van der Waals surface area contributed by atoms with Crippen LogP contribution in [0.3, 0.4) is 0 Å². The maximum atomic E-state index is 12.7. The summed E-state index contributed by atoms with van der Waals surface area (Å²) >= 11 is 0. The van der Waals surface area contributed by atoms with E-state index in [0.717, 1.165) is 12.1 Å². The van der Waals surface area contributed by atoms with Gasteiger partial charge in [-0.1, -0.05) is 6.07 Å². The second-order valence-electron chi connectivity index (χ2n) is 5.85. The summed E-state index contributed by atoms with van der Waals surface area (Å²) in [5.74, 6) is 0.727. The summed E-state index contributed by atoms with van der Waals surface area (Å²) in [6, 6.07) is 9.53. The summed E-state index contributed by atoms with van der Waals surface area (Å²) in [5.41, 5.74) is -0.309. The van der Waals surface area contributed by atoms with Crippen LogP contribution in [0.5, 0.6) is 5.75 Å². The van der Waals surface area contributed by atoms with Gasteiger partial charge < -0.3 is 9.15 Å². The monoisotopic (exact) mass is 390 g/mol. The zero-order chi connectivity index (χ0) is 20.1. The average molecular weight is 390 g/mol. The van der Waals surface area contributed by atoms with Gasteiger partial charge in [-0.3, -0.25) is 9.48 Å². The third-order valence-electron chi connectivity index (χ3n) is 3.89. The minimum absolute atomic E-state index is 0.0360. The van der Waals surface area contributed by atoms with Crippen LogP contribution in [0.25, 0.3) is 6.08 Å². The number of carbonyl (C=O) groups is 1. The Balaban J connectivity index is 1.61. The number of halogens is 3. The Morgan fingerprint density at radius 3 is 2.82 bits per heavy atom. The van der Waals surface area contributed by atoms with Gasteiger partial charge in [-0.05, 0) is 55.5 Å². The quantitative estimate of drug-likeness (QED) is 0.421. The molecule has 2 heterocycles. The van der Waals surface area contributed by atoms with E-state index in [1.165, 1.54) is 24.3 Å². The number of aryl methyl sites for hydroxylation is 1. The van der Waals surface area contributed by atoms with Crippen molar-refractivity contribution in [3.8, 4) is 5.75 Å². The maximum Gasteiger partial charge on any atom is 0.416 e. The highest BCUT2D eigenvalue weighted by Gasteiger charge is 2.30. The number of hydrogen-bond donors (Lipinski definition) is 0. The first-order chi connectivity index (χ1) is 13.4. The molecule has 0 unspecified atom stereocenters. The van der Waals surface area contributed by atoms with Crippen molar-refractivity contribution in [2.45, 2.75) is 26.3 Å². The van der Waals surface area contributed by atoms with Crippen LogP contribution in [-0.2, 0) is 19.3 Å². The summed E-state index contributed by atoms with van der Waals surface area (Å²) in [6.45, 7) is 2.43. The lowest BCUT2D eigenvalue weighted by Gasteiger charge is -2.09. The van der Waals surface area contributed by atoms with Crippen molar-refractivity contribution in [3.63, 3.8) is 0 Å². The SMILES string of the molecule is CCn1nccc1C(=O)/C=C/c1ccc(COc2cccc(C(F)(F)F)c2)o1. The van der Waals surface area contributed by atoms with E-state index >= 15 is 0 Å². The molecule has 8 heteroatoms. The number of rotatable bonds is 7. The van der Waals surface area contributed by atoms with Gasteiger partial charge in [0.15, 0.2) is 0 Å². The molecule has 5 nitrogen and oxygen atoms in total. The lowest BCUT2D eigenvalue weighted by atomic mass is 10.2. The number of hydrogen-bond acceptors (Lipinski definition) is 4. The Morgan fingerprint density at radius 1 is 1.25 bits per heavy atom. The summed E-state index contributed by atoms with van der Waals surface area (Å²) < 4.78 is 50.6. The third kappa shape index (κ3) is 4.70. The maximum absolute atomic E-state index is 12.7. The van der Waals surface area contributed by atoms with E-state index in [2.05, 4.69) is 5.10 Å². The van der Waals surface area contributed by atoms with Crippen molar-refractivity contribution in [3.05, 3.63) is 77.5 Å². The molecule has 2 aromatic heterocycles. The summed E-state index contributed by atoms with van der Waals surface area (Å²) in [6.07, 6.45) is 0.0188. The van der Waals surface area contributed by atoms with E-state index in [1.54, 1.807) is 29.1 Å². The number of nitrogens with zero attached hydrogens (tertiary/aromatic N) is 2. The van der Waals surface area contributed by atoms with Gasteiger partial charge in [0, 0.05) is 12.7 Å². The molecule has 0 aliphatic carbocycles. The molecule has 0 atom stereocenters. The largest absolute Gasteiger partial charge is 0.486 e. The molecular weight excluding hydrogens is 373 g/mol. The van der Waals surface area contributed by atoms with Crippen molar-refractivity contribution in [1.29, 1.82) is 0 Å². The number of alkyl halides is 3. The number of ketones is 1. The Morgan fingerprint density at radius 2 is 2.07 bits per heavy atom. The van der Waals surface area contributed by atoms with E-state index in [-0.39, 0.29) is 18.1 Å². The van der Waals surface area contributed by atoms with Gasteiger partial charge in [-0.2, -0.15) is 18.3 Å². The van der Waals surface area contributed by atoms with Crippen molar-refractivity contribution in [2.24, 2.45) is 0 Å². The predicted octanol–water partition coefficient (Wildman–Crippen LogP) is 4.99. The molecule has 1 aromatic carbocycles. The summed E-state index contributed by atoms with van der Waals surface area (Å²) in [7, 11) is 0. The Labute approximate surface area is 159 Å². The lowest BCUT2D eigenvalue weighted by molar-refractivity contribution is -0.137. The van der Waals surface area contributed by atoms with Crippen LogP contribution in [-0.4, -0.2) is 15.6 Å². The third-order valence-corrected chi connectivity index (χ3v) is 3.89. The summed E-state index contributed by atoms with van der Waals surface area (Å²) in [5, 5.41) is 4.04. The van der Waals surface area contributed by atoms with Crippen LogP contribution in [0.15, 0.2) is 59.2 Å². The molecule has 0 saturated carbocycles. The topological polar surface area (TPSA) is 57.3 Å². The molecule has 3 aromatic rings. The zero-order valence-corrected chi connectivity index (χ0v) is 14.9. The molecule has 0 N–H and O–H groups in total. The summed E-state index contributed by atoms with van der Waals surface area (Å²) in [4.78, 5) is 12.2. The fourth-order valence-electron chi connectivity index (χ4n) is 2.52. The number of furan rings is 1. The Hall–Kier alpha value is -3.29. The Kier molecular flexibility index (Phi) is 5.67. The molecule has 0 bridgehead atoms. The van der Waals surface area contributed by atoms with E-state index in [1.807, 2.05) is 6.92 Å². The molecule has 3 rings (SSSR count). The van der Waals surface area contributed by atoms with Crippen LogP contribution in [0.4, 0.5) is 13.2 Å². The molecule has 28 heavy (non-hydrogen) atoms. The van der Waals surface area contributed by atoms with Crippen LogP contribution in [0.1, 0.15) is 34.5 Å².